The third kappa shape index (κ3) is 14.7. The van der Waals surface area contributed by atoms with Gasteiger partial charge in [-0.1, -0.05) is 74.6 Å². The zero-order valence-electron chi connectivity index (χ0n) is 16.0. The molecule has 0 aromatic heterocycles. The molecule has 2 rings (SSSR count). The van der Waals surface area contributed by atoms with Gasteiger partial charge in [0.25, 0.3) is 0 Å². The molecule has 0 aliphatic heterocycles. The first-order valence-corrected chi connectivity index (χ1v) is 29.5. The van der Waals surface area contributed by atoms with Gasteiger partial charge in [-0.05, 0) is 29.4 Å². The van der Waals surface area contributed by atoms with Crippen molar-refractivity contribution >= 4 is 143 Å². The molecule has 0 spiro atoms. The number of anilines is 1. The van der Waals surface area contributed by atoms with Crippen LogP contribution in [-0.4, -0.2) is 28.1 Å². The molecule has 0 fully saturated rings. The van der Waals surface area contributed by atoms with Crippen LogP contribution in [0.15, 0.2) is 34.6 Å². The van der Waals surface area contributed by atoms with Gasteiger partial charge in [-0.25, -0.2) is 4.90 Å². The van der Waals surface area contributed by atoms with Crippen LogP contribution in [0.2, 0.25) is 30.1 Å². The minimum atomic E-state index is -5.42. The van der Waals surface area contributed by atoms with Gasteiger partial charge < -0.3 is 0 Å². The molecule has 0 saturated carbocycles. The SMILES string of the molecule is CN(C)C#[N+]N(N=Nc1c(Cl)cc(Cl)cc1Cl)c1c(Cl)cc(Cl)cc1Cl.[Cl][Sb-]([Cl])([Cl])([Cl])([Cl])[Cl]. The molecule has 33 heavy (non-hydrogen) atoms. The van der Waals surface area contributed by atoms with E-state index in [1.54, 1.807) is 19.0 Å². The van der Waals surface area contributed by atoms with Crippen molar-refractivity contribution in [1.29, 1.82) is 0 Å². The number of rotatable bonds is 3. The van der Waals surface area contributed by atoms with E-state index in [0.29, 0.717) is 10.0 Å². The predicted octanol–water partition coefficient (Wildman–Crippen LogP) is 11.6. The Morgan fingerprint density at radius 1 is 0.727 bits per heavy atom. The summed E-state index contributed by atoms with van der Waals surface area (Å²) < 4.78 is 0. The Morgan fingerprint density at radius 3 is 1.45 bits per heavy atom. The van der Waals surface area contributed by atoms with Crippen molar-refractivity contribution in [2.75, 3.05) is 19.2 Å². The Balaban J connectivity index is 0.000000675. The summed E-state index contributed by atoms with van der Waals surface area (Å²) in [4.78, 5) is 5.63. The van der Waals surface area contributed by atoms with Gasteiger partial charge in [-0.2, -0.15) is 0 Å². The molecule has 0 saturated heterocycles. The van der Waals surface area contributed by atoms with Crippen LogP contribution in [0.5, 0.6) is 0 Å². The van der Waals surface area contributed by atoms with Gasteiger partial charge in [0.05, 0.1) is 39.3 Å². The van der Waals surface area contributed by atoms with Crippen molar-refractivity contribution in [2.24, 2.45) is 10.3 Å². The van der Waals surface area contributed by atoms with E-state index < -0.39 is 9.14 Å². The topological polar surface area (TPSA) is 35.6 Å². The van der Waals surface area contributed by atoms with Crippen molar-refractivity contribution < 1.29 is 0 Å². The second-order valence-electron chi connectivity index (χ2n) is 5.97. The zero-order valence-corrected chi connectivity index (χ0v) is 27.7. The maximum absolute atomic E-state index is 6.23. The summed E-state index contributed by atoms with van der Waals surface area (Å²) in [7, 11) is 28.4. The molecule has 0 bridgehead atoms. The van der Waals surface area contributed by atoms with Gasteiger partial charge in [0, 0.05) is 10.0 Å². The third-order valence-corrected chi connectivity index (χ3v) is 4.32. The Bertz CT molecular complexity index is 1070. The summed E-state index contributed by atoms with van der Waals surface area (Å²) in [6, 6.07) is 5.98. The molecular formula is C15H10Cl12N5Sb. The van der Waals surface area contributed by atoms with Gasteiger partial charge in [-0.15, -0.1) is 0 Å². The van der Waals surface area contributed by atoms with Gasteiger partial charge in [-0.3, -0.25) is 0 Å². The average molecular weight is 807 g/mol. The summed E-state index contributed by atoms with van der Waals surface area (Å²) >= 11 is 36.5. The summed E-state index contributed by atoms with van der Waals surface area (Å²) in [5, 5.41) is 10.8. The monoisotopic (exact) mass is 801 g/mol. The fourth-order valence-electron chi connectivity index (χ4n) is 1.69. The average Bonchev–Trinajstić information content (AvgIpc) is 2.54. The van der Waals surface area contributed by atoms with E-state index >= 15 is 0 Å². The summed E-state index contributed by atoms with van der Waals surface area (Å²) in [5.41, 5.74) is 0.473. The zero-order chi connectivity index (χ0) is 25.8. The molecule has 5 nitrogen and oxygen atoms in total. The Morgan fingerprint density at radius 2 is 1.09 bits per heavy atom. The number of hydrogen-bond acceptors (Lipinski definition) is 3. The molecule has 0 heterocycles. The minimum absolute atomic E-state index is 0.212. The van der Waals surface area contributed by atoms with E-state index in [0.717, 1.165) is 5.12 Å². The van der Waals surface area contributed by atoms with Crippen molar-refractivity contribution in [3.05, 3.63) is 59.4 Å². The Labute approximate surface area is 240 Å². The van der Waals surface area contributed by atoms with Gasteiger partial charge in [0.2, 0.25) is 0 Å². The van der Waals surface area contributed by atoms with Crippen LogP contribution in [0, 0.1) is 6.19 Å². The first-order valence-electron chi connectivity index (χ1n) is 7.85. The van der Waals surface area contributed by atoms with E-state index in [1.807, 2.05) is 0 Å². The normalized spacial score (nSPS) is 13.3. The van der Waals surface area contributed by atoms with Crippen LogP contribution in [0.3, 0.4) is 0 Å². The molecule has 0 N–H and O–H groups in total. The molecule has 2 aromatic carbocycles. The quantitative estimate of drug-likeness (QED) is 0.102. The summed E-state index contributed by atoms with van der Waals surface area (Å²) in [5.74, 6) is 0. The van der Waals surface area contributed by atoms with Crippen LogP contribution in [0.1, 0.15) is 0 Å². The van der Waals surface area contributed by atoms with E-state index in [-0.39, 0.29) is 31.5 Å². The van der Waals surface area contributed by atoms with Crippen LogP contribution in [-0.2, 0) is 0 Å². The van der Waals surface area contributed by atoms with Crippen LogP contribution >= 0.6 is 123 Å². The van der Waals surface area contributed by atoms with Crippen molar-refractivity contribution in [1.82, 2.24) is 4.90 Å². The van der Waals surface area contributed by atoms with Crippen molar-refractivity contribution in [3.63, 3.8) is 0 Å². The van der Waals surface area contributed by atoms with E-state index in [9.17, 15) is 0 Å². The second-order valence-corrected chi connectivity index (χ2v) is 65.4. The number of nitrogens with zero attached hydrogens (tertiary/aromatic N) is 5. The van der Waals surface area contributed by atoms with Gasteiger partial charge in [0.15, 0.2) is 5.69 Å². The van der Waals surface area contributed by atoms with Gasteiger partial charge >= 0.3 is 68.3 Å². The Kier molecular flexibility index (Phi) is 11.7. The molecule has 0 aliphatic carbocycles. The molecule has 0 unspecified atom stereocenters. The van der Waals surface area contributed by atoms with Crippen LogP contribution < -0.4 is 5.12 Å². The fourth-order valence-corrected chi connectivity index (χ4v) is 3.55. The molecular weight excluding hydrogens is 797 g/mol. The molecule has 2 aromatic rings. The predicted molar refractivity (Wildman–Crippen MR) is 152 cm³/mol. The Hall–Kier alpha value is 1.43. The second kappa shape index (κ2) is 11.9. The standard InChI is InChI=1S/C15H10Cl6N5.6ClH.Sb/c1-25(2)7-22-26(15-12(20)5-9(17)6-13(15)21)24-23-14-10(18)3-8(16)4-11(14)19;;;;;;;/h3-6H,1-2H3;6*1H;/q+1;;;;;;;+5/p-6. The summed E-state index contributed by atoms with van der Waals surface area (Å²) in [6.07, 6.45) is 2.68. The fraction of sp³-hybridized carbons (Fsp3) is 0.133. The first-order chi connectivity index (χ1) is 14.6. The van der Waals surface area contributed by atoms with E-state index in [4.69, 9.17) is 123 Å². The first kappa shape index (κ1) is 32.5. The molecule has 18 heteroatoms. The van der Waals surface area contributed by atoms with E-state index in [2.05, 4.69) is 21.5 Å². The summed E-state index contributed by atoms with van der Waals surface area (Å²) in [6.45, 7) is 0. The molecule has 0 radical (unpaired) electrons. The van der Waals surface area contributed by atoms with E-state index in [1.165, 1.54) is 24.3 Å². The van der Waals surface area contributed by atoms with Crippen LogP contribution in [0.25, 0.3) is 4.95 Å². The maximum atomic E-state index is 6.23. The van der Waals surface area contributed by atoms with Crippen LogP contribution in [0.4, 0.5) is 11.4 Å². The molecule has 0 atom stereocenters. The van der Waals surface area contributed by atoms with Crippen molar-refractivity contribution in [3.8, 4) is 6.19 Å². The third-order valence-electron chi connectivity index (χ3n) is 2.73. The van der Waals surface area contributed by atoms with Gasteiger partial charge in [0.1, 0.15) is 10.9 Å². The number of hydrogen-bond donors (Lipinski definition) is 0. The molecule has 0 aliphatic rings. The van der Waals surface area contributed by atoms with Crippen molar-refractivity contribution in [2.45, 2.75) is 0 Å². The number of halogens is 12. The number of benzene rings is 2. The molecule has 0 amide bonds. The molecule has 184 valence electrons.